The fraction of sp³-hybridized carbons (Fsp3) is 0.455. The minimum atomic E-state index is -0.381. The number of benzene rings is 1. The molecule has 2 bridgehead atoms. The van der Waals surface area contributed by atoms with Crippen LogP contribution in [0.1, 0.15) is 36.9 Å². The van der Waals surface area contributed by atoms with Gasteiger partial charge in [0.2, 0.25) is 0 Å². The van der Waals surface area contributed by atoms with Crippen LogP contribution in [0, 0.1) is 22.0 Å². The van der Waals surface area contributed by atoms with Crippen molar-refractivity contribution in [1.82, 2.24) is 15.6 Å². The first-order valence-corrected chi connectivity index (χ1v) is 10.4. The molecule has 0 radical (unpaired) electrons. The molecule has 2 fully saturated rings. The van der Waals surface area contributed by atoms with Crippen molar-refractivity contribution in [2.24, 2.45) is 16.8 Å². The minimum absolute atomic E-state index is 0.103. The van der Waals surface area contributed by atoms with Gasteiger partial charge in [0.25, 0.3) is 5.69 Å². The predicted molar refractivity (Wildman–Crippen MR) is 113 cm³/mol. The lowest BCUT2D eigenvalue weighted by atomic mass is 9.95. The molecule has 3 unspecified atom stereocenters. The number of hydrogen-bond donors (Lipinski definition) is 2. The summed E-state index contributed by atoms with van der Waals surface area (Å²) < 4.78 is 0. The van der Waals surface area contributed by atoms with E-state index in [-0.39, 0.29) is 10.6 Å². The molecule has 2 saturated carbocycles. The molecule has 1 aromatic heterocycles. The van der Waals surface area contributed by atoms with Crippen LogP contribution in [0.5, 0.6) is 0 Å². The van der Waals surface area contributed by atoms with E-state index in [0.717, 1.165) is 42.0 Å². The van der Waals surface area contributed by atoms with Crippen LogP contribution < -0.4 is 10.6 Å². The van der Waals surface area contributed by atoms with Crippen molar-refractivity contribution in [3.63, 3.8) is 0 Å². The number of guanidine groups is 1. The molecule has 0 saturated heterocycles. The maximum absolute atomic E-state index is 10.8. The molecule has 4 rings (SSSR count). The van der Waals surface area contributed by atoms with Gasteiger partial charge in [-0.15, -0.1) is 0 Å². The van der Waals surface area contributed by atoms with Gasteiger partial charge in [-0.3, -0.25) is 15.1 Å². The van der Waals surface area contributed by atoms with Crippen LogP contribution in [0.4, 0.5) is 5.69 Å². The zero-order chi connectivity index (χ0) is 20.1. The van der Waals surface area contributed by atoms with E-state index in [1.165, 1.54) is 37.8 Å². The van der Waals surface area contributed by atoms with Crippen LogP contribution in [0.25, 0.3) is 0 Å². The van der Waals surface area contributed by atoms with Crippen LogP contribution in [0.2, 0.25) is 0 Å². The molecule has 29 heavy (non-hydrogen) atoms. The lowest BCUT2D eigenvalue weighted by Crippen LogP contribution is -2.46. The summed E-state index contributed by atoms with van der Waals surface area (Å²) in [6, 6.07) is 13.0. The quantitative estimate of drug-likeness (QED) is 0.325. The normalized spacial score (nSPS) is 23.2. The van der Waals surface area contributed by atoms with Gasteiger partial charge in [0.1, 0.15) is 0 Å². The van der Waals surface area contributed by atoms with Crippen molar-refractivity contribution in [1.29, 1.82) is 0 Å². The van der Waals surface area contributed by atoms with Crippen molar-refractivity contribution < 1.29 is 4.92 Å². The van der Waals surface area contributed by atoms with E-state index in [4.69, 9.17) is 4.99 Å². The molecule has 3 atom stereocenters. The smallest absolute Gasteiger partial charge is 0.269 e. The van der Waals surface area contributed by atoms with Gasteiger partial charge in [-0.05, 0) is 48.8 Å². The summed E-state index contributed by atoms with van der Waals surface area (Å²) in [5.74, 6) is 2.43. The van der Waals surface area contributed by atoms with Crippen molar-refractivity contribution >= 4 is 11.6 Å². The van der Waals surface area contributed by atoms with Gasteiger partial charge in [0.15, 0.2) is 5.96 Å². The molecule has 2 aliphatic rings. The van der Waals surface area contributed by atoms with E-state index >= 15 is 0 Å². The average molecular weight is 393 g/mol. The molecule has 7 heteroatoms. The fourth-order valence-corrected chi connectivity index (χ4v) is 4.50. The number of non-ortho nitro benzene ring substituents is 1. The van der Waals surface area contributed by atoms with Gasteiger partial charge in [-0.25, -0.2) is 4.99 Å². The molecule has 2 N–H and O–H groups in total. The number of rotatable bonds is 7. The van der Waals surface area contributed by atoms with Crippen molar-refractivity contribution in [3.8, 4) is 0 Å². The van der Waals surface area contributed by atoms with Crippen molar-refractivity contribution in [3.05, 3.63) is 70.0 Å². The summed E-state index contributed by atoms with van der Waals surface area (Å²) in [7, 11) is 0. The second kappa shape index (κ2) is 9.03. The average Bonchev–Trinajstić information content (AvgIpc) is 3.36. The Balaban J connectivity index is 1.38. The Morgan fingerprint density at radius 1 is 1.17 bits per heavy atom. The molecular weight excluding hydrogens is 366 g/mol. The number of nitrogens with one attached hydrogen (secondary N) is 2. The van der Waals surface area contributed by atoms with Gasteiger partial charge in [0, 0.05) is 43.0 Å². The van der Waals surface area contributed by atoms with E-state index in [9.17, 15) is 10.1 Å². The predicted octanol–water partition coefficient (Wildman–Crippen LogP) is 3.46. The molecule has 2 aliphatic carbocycles. The van der Waals surface area contributed by atoms with E-state index in [1.54, 1.807) is 12.1 Å². The molecule has 0 spiro atoms. The number of nitro groups is 1. The van der Waals surface area contributed by atoms with Crippen LogP contribution in [0.15, 0.2) is 53.7 Å². The molecule has 0 amide bonds. The third-order valence-electron chi connectivity index (χ3n) is 6.03. The molecule has 2 aromatic rings. The molecule has 1 heterocycles. The number of fused-ring (bicyclic) bond motifs is 2. The Morgan fingerprint density at radius 2 is 2.03 bits per heavy atom. The van der Waals surface area contributed by atoms with E-state index < -0.39 is 0 Å². The number of nitro benzene ring substituents is 1. The Hall–Kier alpha value is -2.96. The highest BCUT2D eigenvalue weighted by molar-refractivity contribution is 5.80. The number of aliphatic imine (C=N–C) groups is 1. The largest absolute Gasteiger partial charge is 0.356 e. The standard InChI is InChI=1S/C22H27N5O2/c28-27(29)20-8-5-16(6-9-20)15-25-22(24-12-10-19-3-1-2-11-23-19)26-21-14-17-4-7-18(21)13-17/h1-3,5-6,8-9,11,17-18,21H,4,7,10,12-15H2,(H2,24,25,26). The van der Waals surface area contributed by atoms with Gasteiger partial charge in [0.05, 0.1) is 11.5 Å². The number of hydrogen-bond acceptors (Lipinski definition) is 4. The van der Waals surface area contributed by atoms with Gasteiger partial charge in [-0.1, -0.05) is 24.6 Å². The molecular formula is C22H27N5O2. The first-order chi connectivity index (χ1) is 14.2. The first-order valence-electron chi connectivity index (χ1n) is 10.4. The van der Waals surface area contributed by atoms with E-state index in [2.05, 4.69) is 15.6 Å². The summed E-state index contributed by atoms with van der Waals surface area (Å²) in [5.41, 5.74) is 2.11. The Bertz CT molecular complexity index is 853. The maximum atomic E-state index is 10.8. The van der Waals surface area contributed by atoms with Crippen molar-refractivity contribution in [2.75, 3.05) is 6.54 Å². The Labute approximate surface area is 170 Å². The monoisotopic (exact) mass is 393 g/mol. The molecule has 1 aromatic carbocycles. The SMILES string of the molecule is O=[N+]([O-])c1ccc(CN=C(NCCc2ccccn2)NC2CC3CCC2C3)cc1. The summed E-state index contributed by atoms with van der Waals surface area (Å²) in [6.45, 7) is 1.24. The summed E-state index contributed by atoms with van der Waals surface area (Å²) >= 11 is 0. The first kappa shape index (κ1) is 19.4. The van der Waals surface area contributed by atoms with E-state index in [1.807, 2.05) is 24.4 Å². The summed E-state index contributed by atoms with van der Waals surface area (Å²) in [5, 5.41) is 17.9. The third-order valence-corrected chi connectivity index (χ3v) is 6.03. The lowest BCUT2D eigenvalue weighted by molar-refractivity contribution is -0.384. The fourth-order valence-electron chi connectivity index (χ4n) is 4.50. The maximum Gasteiger partial charge on any atom is 0.269 e. The number of pyridine rings is 1. The van der Waals surface area contributed by atoms with Gasteiger partial charge in [-0.2, -0.15) is 0 Å². The Morgan fingerprint density at radius 3 is 2.69 bits per heavy atom. The molecule has 152 valence electrons. The highest BCUT2D eigenvalue weighted by Crippen LogP contribution is 2.44. The second-order valence-corrected chi connectivity index (χ2v) is 8.01. The highest BCUT2D eigenvalue weighted by atomic mass is 16.6. The zero-order valence-electron chi connectivity index (χ0n) is 16.5. The van der Waals surface area contributed by atoms with E-state index in [0.29, 0.717) is 12.6 Å². The van der Waals surface area contributed by atoms with Crippen LogP contribution in [-0.4, -0.2) is 28.5 Å². The van der Waals surface area contributed by atoms with Crippen LogP contribution in [0.3, 0.4) is 0 Å². The Kier molecular flexibility index (Phi) is 6.03. The van der Waals surface area contributed by atoms with Crippen LogP contribution >= 0.6 is 0 Å². The second-order valence-electron chi connectivity index (χ2n) is 8.01. The summed E-state index contributed by atoms with van der Waals surface area (Å²) in [4.78, 5) is 19.6. The topological polar surface area (TPSA) is 92.5 Å². The van der Waals surface area contributed by atoms with Crippen LogP contribution in [-0.2, 0) is 13.0 Å². The number of aromatic nitrogens is 1. The number of nitrogens with zero attached hydrogens (tertiary/aromatic N) is 3. The molecule has 0 aliphatic heterocycles. The minimum Gasteiger partial charge on any atom is -0.356 e. The van der Waals surface area contributed by atoms with Crippen molar-refractivity contribution in [2.45, 2.75) is 44.7 Å². The lowest BCUT2D eigenvalue weighted by Gasteiger charge is -2.25. The van der Waals surface area contributed by atoms with Gasteiger partial charge >= 0.3 is 0 Å². The third kappa shape index (κ3) is 5.10. The van der Waals surface area contributed by atoms with Gasteiger partial charge < -0.3 is 10.6 Å². The highest BCUT2D eigenvalue weighted by Gasteiger charge is 2.39. The summed E-state index contributed by atoms with van der Waals surface area (Å²) in [6.07, 6.45) is 7.88. The zero-order valence-corrected chi connectivity index (χ0v) is 16.5. The molecule has 7 nitrogen and oxygen atoms in total.